The smallest absolute Gasteiger partial charge is 0.266 e. The van der Waals surface area contributed by atoms with Gasteiger partial charge in [-0.05, 0) is 13.3 Å². The summed E-state index contributed by atoms with van der Waals surface area (Å²) < 4.78 is 41.4. The number of nitrogens with one attached hydrogen (secondary N) is 1. The Morgan fingerprint density at radius 3 is 2.38 bits per heavy atom. The number of amides is 1. The molecule has 0 aromatic heterocycles. The second-order valence-electron chi connectivity index (χ2n) is 7.48. The average molecular weight is 442 g/mol. The van der Waals surface area contributed by atoms with Crippen LogP contribution in [0, 0.1) is 0 Å². The SMILES string of the molecule is CCCCCCCC(CC(=O)NCCS(=O)(=O)O)O[C@@H]1O[C@@H](C)[C@H](O)[C@@H](O)[C@H]1O. The topological polar surface area (TPSA) is 163 Å². The lowest BCUT2D eigenvalue weighted by Gasteiger charge is -2.40. The number of carbonyl (C=O) groups is 1. The Kier molecular flexibility index (Phi) is 11.6. The van der Waals surface area contributed by atoms with E-state index in [1.165, 1.54) is 6.92 Å². The second-order valence-corrected chi connectivity index (χ2v) is 9.05. The van der Waals surface area contributed by atoms with Crippen molar-refractivity contribution in [2.45, 2.75) is 95.6 Å². The molecule has 1 aliphatic rings. The fourth-order valence-corrected chi connectivity index (χ4v) is 3.47. The molecule has 11 heteroatoms. The monoisotopic (exact) mass is 441 g/mol. The van der Waals surface area contributed by atoms with Crippen molar-refractivity contribution in [3.8, 4) is 0 Å². The van der Waals surface area contributed by atoms with Gasteiger partial charge < -0.3 is 30.1 Å². The summed E-state index contributed by atoms with van der Waals surface area (Å²) in [6.45, 7) is 3.41. The molecular formula is C18H35NO9S. The Hall–Kier alpha value is -0.820. The lowest BCUT2D eigenvalue weighted by molar-refractivity contribution is -0.304. The minimum Gasteiger partial charge on any atom is -0.388 e. The highest BCUT2D eigenvalue weighted by molar-refractivity contribution is 7.85. The Labute approximate surface area is 172 Å². The van der Waals surface area contributed by atoms with Crippen LogP contribution in [-0.2, 0) is 24.4 Å². The quantitative estimate of drug-likeness (QED) is 0.195. The third-order valence-corrected chi connectivity index (χ3v) is 5.58. The summed E-state index contributed by atoms with van der Waals surface area (Å²) in [6.07, 6.45) is -1.34. The summed E-state index contributed by atoms with van der Waals surface area (Å²) in [5, 5.41) is 32.2. The van der Waals surface area contributed by atoms with Crippen LogP contribution in [0.2, 0.25) is 0 Å². The zero-order chi connectivity index (χ0) is 22.0. The van der Waals surface area contributed by atoms with Crippen molar-refractivity contribution >= 4 is 16.0 Å². The Bertz CT molecular complexity index is 586. The van der Waals surface area contributed by atoms with E-state index in [2.05, 4.69) is 12.2 Å². The first-order valence-electron chi connectivity index (χ1n) is 10.1. The maximum Gasteiger partial charge on any atom is 0.266 e. The Morgan fingerprint density at radius 1 is 1.10 bits per heavy atom. The zero-order valence-electron chi connectivity index (χ0n) is 17.1. The van der Waals surface area contributed by atoms with Gasteiger partial charge in [-0.2, -0.15) is 8.42 Å². The maximum absolute atomic E-state index is 12.1. The van der Waals surface area contributed by atoms with Gasteiger partial charge in [-0.15, -0.1) is 0 Å². The molecule has 0 bridgehead atoms. The van der Waals surface area contributed by atoms with Crippen molar-refractivity contribution in [1.29, 1.82) is 0 Å². The first kappa shape index (κ1) is 26.2. The van der Waals surface area contributed by atoms with E-state index in [0.29, 0.717) is 6.42 Å². The van der Waals surface area contributed by atoms with Gasteiger partial charge in [0.1, 0.15) is 18.3 Å². The first-order valence-corrected chi connectivity index (χ1v) is 11.7. The van der Waals surface area contributed by atoms with Gasteiger partial charge in [0.15, 0.2) is 6.29 Å². The minimum atomic E-state index is -4.17. The largest absolute Gasteiger partial charge is 0.388 e. The number of hydrogen-bond donors (Lipinski definition) is 5. The van der Waals surface area contributed by atoms with E-state index >= 15 is 0 Å². The molecule has 1 unspecified atom stereocenters. The van der Waals surface area contributed by atoms with Crippen molar-refractivity contribution < 1.29 is 42.6 Å². The third kappa shape index (κ3) is 10.2. The summed E-state index contributed by atoms with van der Waals surface area (Å²) >= 11 is 0. The van der Waals surface area contributed by atoms with Gasteiger partial charge in [0.25, 0.3) is 10.1 Å². The van der Waals surface area contributed by atoms with Crippen LogP contribution in [0.25, 0.3) is 0 Å². The van der Waals surface area contributed by atoms with Gasteiger partial charge in [-0.25, -0.2) is 0 Å². The van der Waals surface area contributed by atoms with E-state index in [0.717, 1.165) is 32.1 Å². The number of hydrogen-bond acceptors (Lipinski definition) is 8. The van der Waals surface area contributed by atoms with E-state index in [4.69, 9.17) is 14.0 Å². The number of carbonyl (C=O) groups excluding carboxylic acids is 1. The Morgan fingerprint density at radius 2 is 1.76 bits per heavy atom. The van der Waals surface area contributed by atoms with E-state index < -0.39 is 58.6 Å². The van der Waals surface area contributed by atoms with E-state index in [1.54, 1.807) is 0 Å². The van der Waals surface area contributed by atoms with Crippen molar-refractivity contribution in [2.75, 3.05) is 12.3 Å². The average Bonchev–Trinajstić information content (AvgIpc) is 2.63. The fraction of sp³-hybridized carbons (Fsp3) is 0.944. The van der Waals surface area contributed by atoms with Crippen LogP contribution in [0.3, 0.4) is 0 Å². The number of aliphatic hydroxyl groups excluding tert-OH is 3. The second kappa shape index (κ2) is 12.8. The summed E-state index contributed by atoms with van der Waals surface area (Å²) in [4.78, 5) is 12.1. The highest BCUT2D eigenvalue weighted by Crippen LogP contribution is 2.24. The molecular weight excluding hydrogens is 406 g/mol. The van der Waals surface area contributed by atoms with Crippen molar-refractivity contribution in [2.24, 2.45) is 0 Å². The minimum absolute atomic E-state index is 0.0983. The van der Waals surface area contributed by atoms with Gasteiger partial charge in [0, 0.05) is 6.54 Å². The molecule has 6 atom stereocenters. The molecule has 0 aromatic carbocycles. The Balaban J connectivity index is 2.63. The van der Waals surface area contributed by atoms with Crippen LogP contribution in [0.15, 0.2) is 0 Å². The van der Waals surface area contributed by atoms with Gasteiger partial charge in [-0.3, -0.25) is 9.35 Å². The van der Waals surface area contributed by atoms with E-state index in [9.17, 15) is 28.5 Å². The van der Waals surface area contributed by atoms with Crippen molar-refractivity contribution in [1.82, 2.24) is 5.32 Å². The number of ether oxygens (including phenoxy) is 2. The molecule has 0 aromatic rings. The highest BCUT2D eigenvalue weighted by Gasteiger charge is 2.43. The normalized spacial score (nSPS) is 28.8. The lowest BCUT2D eigenvalue weighted by Crippen LogP contribution is -2.58. The van der Waals surface area contributed by atoms with Gasteiger partial charge in [0.2, 0.25) is 5.91 Å². The molecule has 0 saturated carbocycles. The van der Waals surface area contributed by atoms with Crippen molar-refractivity contribution in [3.05, 3.63) is 0 Å². The molecule has 29 heavy (non-hydrogen) atoms. The van der Waals surface area contributed by atoms with Crippen LogP contribution in [0.1, 0.15) is 58.8 Å². The van der Waals surface area contributed by atoms with Gasteiger partial charge in [0.05, 0.1) is 24.4 Å². The summed E-state index contributed by atoms with van der Waals surface area (Å²) in [6, 6.07) is 0. The van der Waals surface area contributed by atoms with E-state index in [-0.39, 0.29) is 13.0 Å². The molecule has 5 N–H and O–H groups in total. The van der Waals surface area contributed by atoms with Crippen LogP contribution in [0.4, 0.5) is 0 Å². The van der Waals surface area contributed by atoms with Gasteiger partial charge >= 0.3 is 0 Å². The fourth-order valence-electron chi connectivity index (χ4n) is 3.11. The number of aliphatic hydroxyl groups is 3. The molecule has 10 nitrogen and oxygen atoms in total. The maximum atomic E-state index is 12.1. The zero-order valence-corrected chi connectivity index (χ0v) is 17.9. The van der Waals surface area contributed by atoms with Crippen LogP contribution < -0.4 is 5.32 Å². The van der Waals surface area contributed by atoms with E-state index in [1.807, 2.05) is 0 Å². The molecule has 1 saturated heterocycles. The predicted molar refractivity (Wildman–Crippen MR) is 105 cm³/mol. The lowest BCUT2D eigenvalue weighted by atomic mass is 9.99. The third-order valence-electron chi connectivity index (χ3n) is 4.86. The molecule has 1 aliphatic heterocycles. The first-order chi connectivity index (χ1) is 13.5. The molecule has 0 radical (unpaired) electrons. The molecule has 0 aliphatic carbocycles. The molecule has 1 amide bonds. The molecule has 1 fully saturated rings. The standard InChI is InChI=1S/C18H35NO9S/c1-3-4-5-6-7-8-13(11-14(20)19-9-10-29(24,25)26)28-18-17(23)16(22)15(21)12(2)27-18/h12-13,15-18,21-23H,3-11H2,1-2H3,(H,19,20)(H,24,25,26)/t12-,13?,15-,16+,17+,18-/m0/s1. The molecule has 1 heterocycles. The van der Waals surface area contributed by atoms with Crippen molar-refractivity contribution in [3.63, 3.8) is 0 Å². The number of unbranched alkanes of at least 4 members (excludes halogenated alkanes) is 4. The van der Waals surface area contributed by atoms with Gasteiger partial charge in [-0.1, -0.05) is 39.0 Å². The summed E-state index contributed by atoms with van der Waals surface area (Å²) in [7, 11) is -4.17. The van der Waals surface area contributed by atoms with Crippen LogP contribution in [-0.4, -0.2) is 83.3 Å². The highest BCUT2D eigenvalue weighted by atomic mass is 32.2. The van der Waals surface area contributed by atoms with Crippen LogP contribution >= 0.6 is 0 Å². The molecule has 1 rings (SSSR count). The summed E-state index contributed by atoms with van der Waals surface area (Å²) in [5.74, 6) is -1.06. The molecule has 0 spiro atoms. The predicted octanol–water partition coefficient (Wildman–Crippen LogP) is -0.0463. The molecule has 172 valence electrons. The summed E-state index contributed by atoms with van der Waals surface area (Å²) in [5.41, 5.74) is 0. The number of rotatable bonds is 13. The van der Waals surface area contributed by atoms with Crippen LogP contribution in [0.5, 0.6) is 0 Å².